The van der Waals surface area contributed by atoms with Crippen LogP contribution in [0.15, 0.2) is 42.5 Å². The largest absolute Gasteiger partial charge is 0.492 e. The number of halogens is 1. The summed E-state index contributed by atoms with van der Waals surface area (Å²) >= 11 is 0. The molecule has 0 radical (unpaired) electrons. The zero-order valence-electron chi connectivity index (χ0n) is 17.7. The molecule has 1 saturated heterocycles. The van der Waals surface area contributed by atoms with Crippen LogP contribution >= 0.6 is 12.4 Å². The molecule has 1 aliphatic heterocycles. The average molecular weight is 414 g/mol. The number of carbonyl (C=O) groups excluding carboxylic acids is 1. The van der Waals surface area contributed by atoms with Crippen molar-refractivity contribution in [3.63, 3.8) is 0 Å². The lowest BCUT2D eigenvalue weighted by Gasteiger charge is -2.16. The Morgan fingerprint density at radius 3 is 2.41 bits per heavy atom. The molecule has 0 atom stereocenters. The van der Waals surface area contributed by atoms with Gasteiger partial charge in [-0.15, -0.1) is 12.4 Å². The van der Waals surface area contributed by atoms with E-state index in [0.717, 1.165) is 41.0 Å². The fourth-order valence-electron chi connectivity index (χ4n) is 3.96. The summed E-state index contributed by atoms with van der Waals surface area (Å²) in [5.74, 6) is 0.899. The van der Waals surface area contributed by atoms with Crippen LogP contribution in [0, 0.1) is 13.8 Å². The molecule has 1 heterocycles. The zero-order valence-corrected chi connectivity index (χ0v) is 18.6. The first-order valence-electron chi connectivity index (χ1n) is 10.3. The molecule has 0 aromatic heterocycles. The summed E-state index contributed by atoms with van der Waals surface area (Å²) in [5.41, 5.74) is 5.07. The van der Waals surface area contributed by atoms with Crippen molar-refractivity contribution in [3.8, 4) is 5.75 Å². The van der Waals surface area contributed by atoms with Crippen molar-refractivity contribution in [2.24, 2.45) is 0 Å². The lowest BCUT2D eigenvalue weighted by molar-refractivity contribution is 0.104. The maximum atomic E-state index is 12.8. The molecule has 156 valence electrons. The predicted molar refractivity (Wildman–Crippen MR) is 124 cm³/mol. The lowest BCUT2D eigenvalue weighted by Crippen LogP contribution is -2.25. The van der Waals surface area contributed by atoms with Gasteiger partial charge in [-0.3, -0.25) is 9.69 Å². The van der Waals surface area contributed by atoms with E-state index in [4.69, 9.17) is 4.74 Å². The molecular formula is C25H32ClNO2. The number of benzene rings is 2. The van der Waals surface area contributed by atoms with Crippen molar-refractivity contribution in [2.45, 2.75) is 40.0 Å². The van der Waals surface area contributed by atoms with Crippen molar-refractivity contribution < 1.29 is 9.53 Å². The summed E-state index contributed by atoms with van der Waals surface area (Å²) in [6, 6.07) is 12.2. The van der Waals surface area contributed by atoms with Gasteiger partial charge in [-0.25, -0.2) is 0 Å². The SMILES string of the molecule is CCc1ccccc1C=CC(=O)c1c(C)cc(OCCN2CCCC2)cc1C.Cl. The Kier molecular flexibility index (Phi) is 8.94. The molecule has 0 spiro atoms. The van der Waals surface area contributed by atoms with Crippen molar-refractivity contribution in [2.75, 3.05) is 26.2 Å². The lowest BCUT2D eigenvalue weighted by atomic mass is 9.97. The molecule has 4 heteroatoms. The van der Waals surface area contributed by atoms with E-state index < -0.39 is 0 Å². The Hall–Kier alpha value is -2.10. The van der Waals surface area contributed by atoms with Gasteiger partial charge in [0.15, 0.2) is 5.78 Å². The Bertz CT molecular complexity index is 831. The Labute approximate surface area is 181 Å². The van der Waals surface area contributed by atoms with Gasteiger partial charge >= 0.3 is 0 Å². The van der Waals surface area contributed by atoms with Crippen LogP contribution in [0.25, 0.3) is 6.08 Å². The van der Waals surface area contributed by atoms with Gasteiger partial charge in [0.25, 0.3) is 0 Å². The Balaban J connectivity index is 0.00000300. The van der Waals surface area contributed by atoms with Gasteiger partial charge in [-0.1, -0.05) is 37.3 Å². The number of hydrogen-bond donors (Lipinski definition) is 0. The van der Waals surface area contributed by atoms with Gasteiger partial charge in [0, 0.05) is 12.1 Å². The highest BCUT2D eigenvalue weighted by Crippen LogP contribution is 2.23. The second-order valence-electron chi connectivity index (χ2n) is 7.58. The molecule has 1 aliphatic rings. The first-order chi connectivity index (χ1) is 13.6. The van der Waals surface area contributed by atoms with Gasteiger partial charge in [0.2, 0.25) is 0 Å². The van der Waals surface area contributed by atoms with E-state index in [1.54, 1.807) is 6.08 Å². The topological polar surface area (TPSA) is 29.5 Å². The Morgan fingerprint density at radius 1 is 1.10 bits per heavy atom. The molecule has 0 N–H and O–H groups in total. The highest BCUT2D eigenvalue weighted by molar-refractivity contribution is 6.08. The minimum Gasteiger partial charge on any atom is -0.492 e. The van der Waals surface area contributed by atoms with E-state index in [9.17, 15) is 4.79 Å². The highest BCUT2D eigenvalue weighted by atomic mass is 35.5. The third-order valence-electron chi connectivity index (χ3n) is 5.48. The third-order valence-corrected chi connectivity index (χ3v) is 5.48. The fraction of sp³-hybridized carbons (Fsp3) is 0.400. The van der Waals surface area contributed by atoms with Crippen molar-refractivity contribution in [1.29, 1.82) is 0 Å². The number of ketones is 1. The number of rotatable bonds is 8. The van der Waals surface area contributed by atoms with E-state index in [0.29, 0.717) is 6.61 Å². The molecule has 0 unspecified atom stereocenters. The smallest absolute Gasteiger partial charge is 0.186 e. The van der Waals surface area contributed by atoms with E-state index in [1.807, 2.05) is 44.2 Å². The number of ether oxygens (including phenoxy) is 1. The number of allylic oxidation sites excluding steroid dienone is 1. The van der Waals surface area contributed by atoms with Crippen LogP contribution in [0.4, 0.5) is 0 Å². The zero-order chi connectivity index (χ0) is 19.9. The van der Waals surface area contributed by atoms with E-state index in [-0.39, 0.29) is 18.2 Å². The first kappa shape index (κ1) is 23.2. The van der Waals surface area contributed by atoms with Crippen LogP contribution in [-0.4, -0.2) is 36.9 Å². The van der Waals surface area contributed by atoms with Crippen molar-refractivity contribution in [3.05, 3.63) is 70.3 Å². The Morgan fingerprint density at radius 2 is 1.76 bits per heavy atom. The summed E-state index contributed by atoms with van der Waals surface area (Å²) in [4.78, 5) is 15.3. The predicted octanol–water partition coefficient (Wildman–Crippen LogP) is 5.66. The van der Waals surface area contributed by atoms with Crippen LogP contribution in [0.3, 0.4) is 0 Å². The average Bonchev–Trinajstić information content (AvgIpc) is 3.19. The van der Waals surface area contributed by atoms with Gasteiger partial charge < -0.3 is 4.74 Å². The van der Waals surface area contributed by atoms with Crippen LogP contribution in [0.5, 0.6) is 5.75 Å². The fourth-order valence-corrected chi connectivity index (χ4v) is 3.96. The molecule has 3 nitrogen and oxygen atoms in total. The van der Waals surface area contributed by atoms with Crippen molar-refractivity contribution in [1.82, 2.24) is 4.90 Å². The third kappa shape index (κ3) is 6.19. The molecule has 0 bridgehead atoms. The van der Waals surface area contributed by atoms with E-state index in [2.05, 4.69) is 24.0 Å². The molecule has 2 aromatic carbocycles. The number of carbonyl (C=O) groups is 1. The maximum absolute atomic E-state index is 12.8. The van der Waals surface area contributed by atoms with E-state index >= 15 is 0 Å². The normalized spacial score (nSPS) is 14.2. The standard InChI is InChI=1S/C25H31NO2.ClH/c1-4-21-9-5-6-10-22(21)11-12-24(27)25-19(2)17-23(18-20(25)3)28-16-15-26-13-7-8-14-26;/h5-6,9-12,17-18H,4,7-8,13-16H2,1-3H3;1H. The second-order valence-corrected chi connectivity index (χ2v) is 7.58. The number of aryl methyl sites for hydroxylation is 3. The second kappa shape index (κ2) is 11.2. The quantitative estimate of drug-likeness (QED) is 0.413. The van der Waals surface area contributed by atoms with E-state index in [1.165, 1.54) is 31.5 Å². The van der Waals surface area contributed by atoms with Crippen LogP contribution < -0.4 is 4.74 Å². The summed E-state index contributed by atoms with van der Waals surface area (Å²) < 4.78 is 5.95. The first-order valence-corrected chi connectivity index (χ1v) is 10.3. The monoisotopic (exact) mass is 413 g/mol. The van der Waals surface area contributed by atoms with Crippen molar-refractivity contribution >= 4 is 24.3 Å². The molecular weight excluding hydrogens is 382 g/mol. The molecule has 29 heavy (non-hydrogen) atoms. The molecule has 0 saturated carbocycles. The summed E-state index contributed by atoms with van der Waals surface area (Å²) in [6.07, 6.45) is 7.17. The molecule has 0 aliphatic carbocycles. The number of likely N-dealkylation sites (tertiary alicyclic amines) is 1. The van der Waals surface area contributed by atoms with Crippen LogP contribution in [0.2, 0.25) is 0 Å². The van der Waals surface area contributed by atoms with Crippen LogP contribution in [0.1, 0.15) is 52.4 Å². The minimum atomic E-state index is 0. The summed E-state index contributed by atoms with van der Waals surface area (Å²) in [5, 5.41) is 0. The molecule has 1 fully saturated rings. The maximum Gasteiger partial charge on any atom is 0.186 e. The van der Waals surface area contributed by atoms with Gasteiger partial charge in [-0.05, 0) is 86.7 Å². The number of nitrogens with zero attached hydrogens (tertiary/aromatic N) is 1. The van der Waals surface area contributed by atoms with Gasteiger partial charge in [0.05, 0.1) is 0 Å². The number of hydrogen-bond acceptors (Lipinski definition) is 3. The molecule has 3 rings (SSSR count). The minimum absolute atomic E-state index is 0. The van der Waals surface area contributed by atoms with Gasteiger partial charge in [0.1, 0.15) is 12.4 Å². The molecule has 0 amide bonds. The summed E-state index contributed by atoms with van der Waals surface area (Å²) in [7, 11) is 0. The molecule has 2 aromatic rings. The van der Waals surface area contributed by atoms with Crippen LogP contribution in [-0.2, 0) is 6.42 Å². The summed E-state index contributed by atoms with van der Waals surface area (Å²) in [6.45, 7) is 10.1. The highest BCUT2D eigenvalue weighted by Gasteiger charge is 2.13. The van der Waals surface area contributed by atoms with Gasteiger partial charge in [-0.2, -0.15) is 0 Å².